The second-order valence-corrected chi connectivity index (χ2v) is 4.36. The molecule has 9 heteroatoms. The number of rotatable bonds is 4. The van der Waals surface area contributed by atoms with E-state index in [1.54, 1.807) is 0 Å². The van der Waals surface area contributed by atoms with Crippen molar-refractivity contribution in [3.05, 3.63) is 46.2 Å². The molecular formula is C13H13NO8. The van der Waals surface area contributed by atoms with Crippen LogP contribution in [0.5, 0.6) is 5.75 Å². The van der Waals surface area contributed by atoms with Crippen LogP contribution in [0.4, 0.5) is 5.69 Å². The number of hydrogen-bond acceptors (Lipinski definition) is 8. The van der Waals surface area contributed by atoms with Crippen molar-refractivity contribution < 1.29 is 34.1 Å². The Balaban J connectivity index is 2.13. The van der Waals surface area contributed by atoms with Crippen LogP contribution in [-0.4, -0.2) is 46.7 Å². The number of aliphatic hydroxyl groups is 2. The van der Waals surface area contributed by atoms with E-state index in [1.165, 1.54) is 24.3 Å². The Morgan fingerprint density at radius 3 is 2.50 bits per heavy atom. The molecule has 2 N–H and O–H groups in total. The zero-order valence-electron chi connectivity index (χ0n) is 11.4. The summed E-state index contributed by atoms with van der Waals surface area (Å²) in [5.41, 5.74) is -0.132. The number of benzene rings is 1. The number of hydrogen-bond donors (Lipinski definition) is 2. The van der Waals surface area contributed by atoms with Gasteiger partial charge in [-0.2, -0.15) is 0 Å². The van der Waals surface area contributed by atoms with Gasteiger partial charge in [-0.05, 0) is 18.2 Å². The predicted molar refractivity (Wildman–Crippen MR) is 70.7 cm³/mol. The number of methoxy groups -OCH3 is 1. The standard InChI is InChI=1S/C13H13NO8/c1-20-12(17)10-6-9(15)11(16)13(22-10)21-8-4-2-7(3-5-8)14(18)19/h2-6,9,11,13,15-16H,1H3/t9-,11+,13-/m1/s1. The highest BCUT2D eigenvalue weighted by Gasteiger charge is 2.36. The van der Waals surface area contributed by atoms with Crippen molar-refractivity contribution in [1.82, 2.24) is 0 Å². The molecule has 0 fully saturated rings. The zero-order valence-corrected chi connectivity index (χ0v) is 11.4. The minimum atomic E-state index is -1.44. The van der Waals surface area contributed by atoms with E-state index in [1.807, 2.05) is 0 Å². The van der Waals surface area contributed by atoms with Crippen LogP contribution in [0.3, 0.4) is 0 Å². The van der Waals surface area contributed by atoms with E-state index in [2.05, 4.69) is 4.74 Å². The van der Waals surface area contributed by atoms with Crippen LogP contribution in [0, 0.1) is 10.1 Å². The van der Waals surface area contributed by atoms with Crippen LogP contribution in [0.15, 0.2) is 36.1 Å². The second-order valence-electron chi connectivity index (χ2n) is 4.36. The Labute approximate surface area is 124 Å². The Morgan fingerprint density at radius 1 is 1.32 bits per heavy atom. The van der Waals surface area contributed by atoms with E-state index < -0.39 is 29.4 Å². The van der Waals surface area contributed by atoms with Crippen LogP contribution >= 0.6 is 0 Å². The summed E-state index contributed by atoms with van der Waals surface area (Å²) in [5, 5.41) is 30.0. The average Bonchev–Trinajstić information content (AvgIpc) is 2.51. The van der Waals surface area contributed by atoms with Crippen LogP contribution in [-0.2, 0) is 14.3 Å². The number of carbonyl (C=O) groups is 1. The summed E-state index contributed by atoms with van der Waals surface area (Å²) in [6.45, 7) is 0. The first-order valence-electron chi connectivity index (χ1n) is 6.16. The van der Waals surface area contributed by atoms with Crippen molar-refractivity contribution in [3.63, 3.8) is 0 Å². The Morgan fingerprint density at radius 2 is 1.95 bits per heavy atom. The van der Waals surface area contributed by atoms with Crippen LogP contribution in [0.25, 0.3) is 0 Å². The molecule has 0 radical (unpaired) electrons. The fourth-order valence-electron chi connectivity index (χ4n) is 1.74. The summed E-state index contributed by atoms with van der Waals surface area (Å²) in [6.07, 6.45) is -3.18. The van der Waals surface area contributed by atoms with Crippen LogP contribution in [0.1, 0.15) is 0 Å². The van der Waals surface area contributed by atoms with Crippen LogP contribution < -0.4 is 4.74 Å². The summed E-state index contributed by atoms with van der Waals surface area (Å²) in [5.74, 6) is -0.969. The molecule has 1 aromatic rings. The molecule has 0 bridgehead atoms. The first kappa shape index (κ1) is 15.7. The molecule has 0 spiro atoms. The van der Waals surface area contributed by atoms with Gasteiger partial charge in [0, 0.05) is 12.1 Å². The lowest BCUT2D eigenvalue weighted by Crippen LogP contribution is -2.46. The van der Waals surface area contributed by atoms with Crippen molar-refractivity contribution in [2.75, 3.05) is 7.11 Å². The molecule has 1 aromatic carbocycles. The molecule has 3 atom stereocenters. The number of nitro benzene ring substituents is 1. The summed E-state index contributed by atoms with van der Waals surface area (Å²) in [7, 11) is 1.14. The third kappa shape index (κ3) is 3.32. The van der Waals surface area contributed by atoms with Crippen LogP contribution in [0.2, 0.25) is 0 Å². The van der Waals surface area contributed by atoms with Gasteiger partial charge in [0.1, 0.15) is 11.9 Å². The van der Waals surface area contributed by atoms with Gasteiger partial charge in [0.2, 0.25) is 5.76 Å². The lowest BCUT2D eigenvalue weighted by Gasteiger charge is -2.30. The van der Waals surface area contributed by atoms with Gasteiger partial charge in [-0.1, -0.05) is 0 Å². The predicted octanol–water partition coefficient (Wildman–Crippen LogP) is 0.109. The van der Waals surface area contributed by atoms with Crippen molar-refractivity contribution in [2.45, 2.75) is 18.5 Å². The van der Waals surface area contributed by atoms with E-state index in [-0.39, 0.29) is 17.2 Å². The normalized spacial score (nSPS) is 24.0. The minimum Gasteiger partial charge on any atom is -0.463 e. The molecule has 0 saturated heterocycles. The fraction of sp³-hybridized carbons (Fsp3) is 0.308. The highest BCUT2D eigenvalue weighted by atomic mass is 16.7. The molecule has 118 valence electrons. The highest BCUT2D eigenvalue weighted by Crippen LogP contribution is 2.24. The van der Waals surface area contributed by atoms with Crippen molar-refractivity contribution >= 4 is 11.7 Å². The number of nitrogens with zero attached hydrogens (tertiary/aromatic N) is 1. The zero-order chi connectivity index (χ0) is 16.3. The number of esters is 1. The Kier molecular flexibility index (Phi) is 4.59. The third-order valence-electron chi connectivity index (χ3n) is 2.88. The van der Waals surface area contributed by atoms with Crippen molar-refractivity contribution in [3.8, 4) is 5.75 Å². The van der Waals surface area contributed by atoms with Gasteiger partial charge in [0.25, 0.3) is 12.0 Å². The van der Waals surface area contributed by atoms with Gasteiger partial charge < -0.3 is 24.4 Å². The molecule has 1 heterocycles. The molecular weight excluding hydrogens is 298 g/mol. The molecule has 1 aliphatic rings. The lowest BCUT2D eigenvalue weighted by molar-refractivity contribution is -0.384. The van der Waals surface area contributed by atoms with E-state index >= 15 is 0 Å². The van der Waals surface area contributed by atoms with Gasteiger partial charge >= 0.3 is 5.97 Å². The quantitative estimate of drug-likeness (QED) is 0.455. The molecule has 2 rings (SSSR count). The summed E-state index contributed by atoms with van der Waals surface area (Å²) in [4.78, 5) is 21.4. The fourth-order valence-corrected chi connectivity index (χ4v) is 1.74. The topological polar surface area (TPSA) is 128 Å². The van der Waals surface area contributed by atoms with E-state index in [0.29, 0.717) is 0 Å². The number of aliphatic hydroxyl groups excluding tert-OH is 2. The maximum Gasteiger partial charge on any atom is 0.373 e. The number of nitro groups is 1. The lowest BCUT2D eigenvalue weighted by atomic mass is 10.1. The molecule has 0 unspecified atom stereocenters. The van der Waals surface area contributed by atoms with Gasteiger partial charge in [-0.15, -0.1) is 0 Å². The number of carbonyl (C=O) groups excluding carboxylic acids is 1. The summed E-state index contributed by atoms with van der Waals surface area (Å²) >= 11 is 0. The largest absolute Gasteiger partial charge is 0.463 e. The van der Waals surface area contributed by atoms with Crippen molar-refractivity contribution in [2.24, 2.45) is 0 Å². The summed E-state index contributed by atoms with van der Waals surface area (Å²) < 4.78 is 14.9. The number of non-ortho nitro benzene ring substituents is 1. The van der Waals surface area contributed by atoms with Gasteiger partial charge in [0.05, 0.1) is 12.0 Å². The number of ether oxygens (including phenoxy) is 3. The monoisotopic (exact) mass is 311 g/mol. The van der Waals surface area contributed by atoms with E-state index in [4.69, 9.17) is 9.47 Å². The van der Waals surface area contributed by atoms with Crippen molar-refractivity contribution in [1.29, 1.82) is 0 Å². The first-order valence-corrected chi connectivity index (χ1v) is 6.16. The van der Waals surface area contributed by atoms with Gasteiger partial charge in [-0.25, -0.2) is 4.79 Å². The third-order valence-corrected chi connectivity index (χ3v) is 2.88. The average molecular weight is 311 g/mol. The first-order chi connectivity index (χ1) is 10.4. The Hall–Kier alpha value is -2.65. The molecule has 0 amide bonds. The smallest absolute Gasteiger partial charge is 0.373 e. The Bertz CT molecular complexity index is 597. The van der Waals surface area contributed by atoms with Gasteiger partial charge in [-0.3, -0.25) is 10.1 Å². The molecule has 9 nitrogen and oxygen atoms in total. The maximum absolute atomic E-state index is 11.4. The van der Waals surface area contributed by atoms with E-state index in [0.717, 1.165) is 13.2 Å². The molecule has 1 aliphatic heterocycles. The van der Waals surface area contributed by atoms with Gasteiger partial charge in [0.15, 0.2) is 6.10 Å². The second kappa shape index (κ2) is 6.41. The minimum absolute atomic E-state index is 0.132. The molecule has 0 saturated carbocycles. The molecule has 22 heavy (non-hydrogen) atoms. The SMILES string of the molecule is COC(=O)C1=C[C@@H](O)[C@H](O)[C@H](Oc2ccc([N+](=O)[O-])cc2)O1. The molecule has 0 aliphatic carbocycles. The molecule has 0 aromatic heterocycles. The summed E-state index contributed by atoms with van der Waals surface area (Å²) in [6, 6.07) is 5.02. The maximum atomic E-state index is 11.4. The van der Waals surface area contributed by atoms with E-state index in [9.17, 15) is 25.1 Å². The highest BCUT2D eigenvalue weighted by molar-refractivity contribution is 5.86.